The Morgan fingerprint density at radius 3 is 2.24 bits per heavy atom. The van der Waals surface area contributed by atoms with Gasteiger partial charge in [0, 0.05) is 22.3 Å². The van der Waals surface area contributed by atoms with Crippen molar-refractivity contribution in [2.45, 2.75) is 72.8 Å². The maximum absolute atomic E-state index is 14.5. The van der Waals surface area contributed by atoms with Crippen LogP contribution in [0.25, 0.3) is 16.9 Å². The van der Waals surface area contributed by atoms with Gasteiger partial charge in [-0.2, -0.15) is 0 Å². The van der Waals surface area contributed by atoms with E-state index in [0.717, 1.165) is 24.5 Å². The molecule has 2 aromatic carbocycles. The van der Waals surface area contributed by atoms with Gasteiger partial charge >= 0.3 is 5.97 Å². The van der Waals surface area contributed by atoms with E-state index in [2.05, 4.69) is 0 Å². The van der Waals surface area contributed by atoms with Crippen molar-refractivity contribution in [3.05, 3.63) is 70.0 Å². The lowest BCUT2D eigenvalue weighted by atomic mass is 9.43. The molecule has 0 saturated heterocycles. The molecule has 1 fully saturated rings. The topological polar surface area (TPSA) is 158 Å². The third-order valence-electron chi connectivity index (χ3n) is 9.97. The Morgan fingerprint density at radius 1 is 1.02 bits per heavy atom. The Hall–Kier alpha value is -4.24. The summed E-state index contributed by atoms with van der Waals surface area (Å²) in [6, 6.07) is 10.4. The van der Waals surface area contributed by atoms with Crippen LogP contribution >= 0.6 is 0 Å². The molecule has 4 N–H and O–H groups in total. The molecule has 3 aliphatic carbocycles. The second-order valence-corrected chi connectivity index (χ2v) is 13.5. The first kappa shape index (κ1) is 32.2. The summed E-state index contributed by atoms with van der Waals surface area (Å²) < 4.78 is 5.18. The molecule has 0 aliphatic heterocycles. The molecule has 3 aliphatic rings. The van der Waals surface area contributed by atoms with Crippen molar-refractivity contribution in [3.63, 3.8) is 0 Å². The Kier molecular flexibility index (Phi) is 7.85. The summed E-state index contributed by atoms with van der Waals surface area (Å²) in [6.45, 7) is 10.3. The number of hydrogen-bond donors (Lipinski definition) is 4. The highest BCUT2D eigenvalue weighted by atomic mass is 16.5. The Labute approximate surface area is 262 Å². The fourth-order valence-corrected chi connectivity index (χ4v) is 8.22. The number of rotatable bonds is 7. The lowest BCUT2D eigenvalue weighted by Gasteiger charge is -2.59. The Balaban J connectivity index is 1.67. The van der Waals surface area contributed by atoms with Gasteiger partial charge < -0.3 is 25.2 Å². The highest BCUT2D eigenvalue weighted by molar-refractivity contribution is 6.24. The van der Waals surface area contributed by atoms with E-state index in [1.54, 1.807) is 45.9 Å². The molecule has 5 rings (SSSR count). The number of aromatic hydroxyl groups is 1. The Morgan fingerprint density at radius 2 is 1.67 bits per heavy atom. The molecular weight excluding hydrogens is 576 g/mol. The van der Waals surface area contributed by atoms with Gasteiger partial charge in [0.15, 0.2) is 17.2 Å². The number of ketones is 3. The first-order valence-corrected chi connectivity index (χ1v) is 15.3. The van der Waals surface area contributed by atoms with E-state index >= 15 is 0 Å². The third-order valence-corrected chi connectivity index (χ3v) is 9.97. The van der Waals surface area contributed by atoms with Crippen LogP contribution in [0.2, 0.25) is 0 Å². The van der Waals surface area contributed by atoms with Crippen LogP contribution < -0.4 is 0 Å². The average Bonchev–Trinajstić information content (AvgIpc) is 2.94. The molecule has 9 nitrogen and oxygen atoms in total. The van der Waals surface area contributed by atoms with Gasteiger partial charge in [-0.05, 0) is 60.4 Å². The summed E-state index contributed by atoms with van der Waals surface area (Å²) >= 11 is 0. The summed E-state index contributed by atoms with van der Waals surface area (Å²) in [5.41, 5.74) is -3.27. The van der Waals surface area contributed by atoms with Crippen LogP contribution in [0, 0.1) is 22.7 Å². The van der Waals surface area contributed by atoms with Crippen molar-refractivity contribution in [2.24, 2.45) is 22.7 Å². The van der Waals surface area contributed by atoms with Gasteiger partial charge in [-0.15, -0.1) is 0 Å². The third kappa shape index (κ3) is 4.62. The largest absolute Gasteiger partial charge is 0.508 e. The molecule has 0 spiro atoms. The molecule has 4 atom stereocenters. The number of fused-ring (bicyclic) bond motifs is 3. The molecule has 0 amide bonds. The molecular formula is C36H40O9. The zero-order chi connectivity index (χ0) is 33.2. The number of aliphatic hydroxyl groups is 3. The van der Waals surface area contributed by atoms with E-state index in [1.807, 2.05) is 19.1 Å². The van der Waals surface area contributed by atoms with E-state index in [4.69, 9.17) is 4.74 Å². The molecule has 0 bridgehead atoms. The van der Waals surface area contributed by atoms with Gasteiger partial charge in [-0.1, -0.05) is 65.0 Å². The lowest BCUT2D eigenvalue weighted by molar-refractivity contribution is -0.178. The average molecular weight is 617 g/mol. The van der Waals surface area contributed by atoms with E-state index in [-0.39, 0.29) is 42.1 Å². The van der Waals surface area contributed by atoms with Crippen molar-refractivity contribution in [1.82, 2.24) is 0 Å². The fourth-order valence-electron chi connectivity index (χ4n) is 8.22. The number of phenols is 1. The molecule has 1 unspecified atom stereocenters. The highest BCUT2D eigenvalue weighted by Crippen LogP contribution is 2.65. The van der Waals surface area contributed by atoms with E-state index in [9.17, 15) is 39.6 Å². The van der Waals surface area contributed by atoms with Gasteiger partial charge in [0.2, 0.25) is 5.78 Å². The monoisotopic (exact) mass is 616 g/mol. The molecule has 2 aromatic rings. The highest BCUT2D eigenvalue weighted by Gasteiger charge is 2.72. The summed E-state index contributed by atoms with van der Waals surface area (Å²) in [5, 5.41) is 46.2. The molecule has 0 radical (unpaired) electrons. The normalized spacial score (nSPS) is 27.7. The lowest BCUT2D eigenvalue weighted by Crippen LogP contribution is -2.69. The minimum Gasteiger partial charge on any atom is -0.508 e. The number of aliphatic hydroxyl groups excluding tert-OH is 2. The number of Topliss-reactive ketones (excluding diaryl/α,β-unsaturated/α-hetero) is 3. The predicted octanol–water partition coefficient (Wildman–Crippen LogP) is 5.35. The number of hydrogen-bond acceptors (Lipinski definition) is 9. The van der Waals surface area contributed by atoms with E-state index < -0.39 is 62.7 Å². The minimum atomic E-state index is -2.65. The second kappa shape index (κ2) is 11.0. The van der Waals surface area contributed by atoms with Crippen LogP contribution in [0.15, 0.2) is 53.3 Å². The number of ether oxygens (including phenoxy) is 1. The zero-order valence-electron chi connectivity index (χ0n) is 26.5. The van der Waals surface area contributed by atoms with Crippen LogP contribution in [0.3, 0.4) is 0 Å². The molecule has 1 saturated carbocycles. The fraction of sp³-hybridized carbons (Fsp3) is 0.444. The number of benzene rings is 2. The van der Waals surface area contributed by atoms with Crippen molar-refractivity contribution in [1.29, 1.82) is 0 Å². The SMILES string of the molecule is CCCOC(=O)Cc1ccc(-c2ccc(O)c3c2C[C@]2(C)C[C@]4(C)C(C(C)C)C(=O)C(C(C)=O)=C(O)[C@]4(O)C(=O)C2=C3O)cc1. The van der Waals surface area contributed by atoms with Crippen molar-refractivity contribution in [2.75, 3.05) is 6.61 Å². The number of carbonyl (C=O) groups is 4. The van der Waals surface area contributed by atoms with Gasteiger partial charge in [-0.25, -0.2) is 0 Å². The van der Waals surface area contributed by atoms with Gasteiger partial charge in [0.25, 0.3) is 0 Å². The first-order chi connectivity index (χ1) is 21.0. The summed E-state index contributed by atoms with van der Waals surface area (Å²) in [7, 11) is 0. The van der Waals surface area contributed by atoms with Crippen molar-refractivity contribution < 1.29 is 44.3 Å². The van der Waals surface area contributed by atoms with E-state index in [1.165, 1.54) is 6.07 Å². The summed E-state index contributed by atoms with van der Waals surface area (Å²) in [4.78, 5) is 52.8. The summed E-state index contributed by atoms with van der Waals surface area (Å²) in [5.74, 6) is -5.88. The van der Waals surface area contributed by atoms with Gasteiger partial charge in [-0.3, -0.25) is 19.2 Å². The second-order valence-electron chi connectivity index (χ2n) is 13.5. The van der Waals surface area contributed by atoms with Crippen LogP contribution in [0.5, 0.6) is 5.75 Å². The molecule has 0 aromatic heterocycles. The van der Waals surface area contributed by atoms with Crippen LogP contribution in [0.4, 0.5) is 0 Å². The Bertz CT molecular complexity index is 1700. The van der Waals surface area contributed by atoms with Crippen LogP contribution in [-0.2, 0) is 36.8 Å². The summed E-state index contributed by atoms with van der Waals surface area (Å²) in [6.07, 6.45) is 1.02. The molecule has 0 heterocycles. The molecule has 238 valence electrons. The maximum atomic E-state index is 14.5. The molecule has 45 heavy (non-hydrogen) atoms. The van der Waals surface area contributed by atoms with Gasteiger partial charge in [0.05, 0.1) is 18.6 Å². The molecule has 9 heteroatoms. The van der Waals surface area contributed by atoms with Crippen LogP contribution in [-0.4, -0.2) is 56.0 Å². The maximum Gasteiger partial charge on any atom is 0.310 e. The van der Waals surface area contributed by atoms with Crippen molar-refractivity contribution >= 4 is 29.1 Å². The van der Waals surface area contributed by atoms with Gasteiger partial charge in [0.1, 0.15) is 22.8 Å². The quantitative estimate of drug-likeness (QED) is 0.238. The predicted molar refractivity (Wildman–Crippen MR) is 166 cm³/mol. The van der Waals surface area contributed by atoms with Crippen LogP contribution in [0.1, 0.15) is 71.1 Å². The first-order valence-electron chi connectivity index (χ1n) is 15.3. The van der Waals surface area contributed by atoms with E-state index in [0.29, 0.717) is 17.7 Å². The number of allylic oxidation sites excluding steroid dienone is 1. The number of esters is 1. The standard InChI is InChI=1S/C36H40O9/c1-7-14-45-25(39)15-20-8-10-21(11-9-20)22-12-13-24(38)27-23(22)16-34(5)17-35(6)28(18(2)3)30(40)26(19(4)37)32(42)36(35,44)33(43)29(34)31(27)41/h8-13,18,28,38,41-42,44H,7,14-17H2,1-6H3/t28?,34-,35-,36+/m1/s1. The smallest absolute Gasteiger partial charge is 0.310 e. The zero-order valence-corrected chi connectivity index (χ0v) is 26.5. The number of carbonyl (C=O) groups excluding carboxylic acids is 4. The van der Waals surface area contributed by atoms with Crippen molar-refractivity contribution in [3.8, 4) is 16.9 Å². The number of phenolic OH excluding ortho intramolecular Hbond substituents is 1. The minimum absolute atomic E-state index is 0.0127.